The molecule has 2 aliphatic carbocycles. The molecule has 0 spiro atoms. The van der Waals surface area contributed by atoms with E-state index in [2.05, 4.69) is 5.32 Å². The van der Waals surface area contributed by atoms with Crippen molar-refractivity contribution in [1.29, 1.82) is 0 Å². The van der Waals surface area contributed by atoms with Gasteiger partial charge in [-0.05, 0) is 44.7 Å². The summed E-state index contributed by atoms with van der Waals surface area (Å²) in [5.74, 6) is -2.40. The van der Waals surface area contributed by atoms with Gasteiger partial charge >= 0.3 is 12.1 Å². The number of carbonyl (C=O) groups is 2. The third kappa shape index (κ3) is 4.88. The van der Waals surface area contributed by atoms with Gasteiger partial charge in [-0.1, -0.05) is 32.1 Å². The lowest BCUT2D eigenvalue weighted by Crippen LogP contribution is -2.53. The number of nitrogens with one attached hydrogen (secondary N) is 1. The average molecular weight is 417 g/mol. The Morgan fingerprint density at radius 2 is 1.68 bits per heavy atom. The number of rotatable bonds is 5. The Hall–Kier alpha value is -1.57. The highest BCUT2D eigenvalue weighted by atomic mass is 32.1. The summed E-state index contributed by atoms with van der Waals surface area (Å²) in [6.07, 6.45) is 2.32. The van der Waals surface area contributed by atoms with Crippen LogP contribution >= 0.6 is 11.3 Å². The van der Waals surface area contributed by atoms with Crippen LogP contribution in [0.4, 0.5) is 13.2 Å². The van der Waals surface area contributed by atoms with Gasteiger partial charge in [0.2, 0.25) is 5.91 Å². The number of amides is 2. The minimum absolute atomic E-state index is 0.0313. The molecule has 2 aliphatic rings. The highest BCUT2D eigenvalue weighted by Crippen LogP contribution is 2.37. The highest BCUT2D eigenvalue weighted by Gasteiger charge is 2.49. The van der Waals surface area contributed by atoms with Crippen LogP contribution < -0.4 is 5.32 Å². The largest absolute Gasteiger partial charge is 0.471 e. The highest BCUT2D eigenvalue weighted by molar-refractivity contribution is 7.12. The van der Waals surface area contributed by atoms with Gasteiger partial charge in [-0.2, -0.15) is 13.2 Å². The topological polar surface area (TPSA) is 49.4 Å². The lowest BCUT2D eigenvalue weighted by Gasteiger charge is -2.36. The zero-order chi connectivity index (χ0) is 20.3. The average Bonchev–Trinajstić information content (AvgIpc) is 3.30. The molecule has 1 N–H and O–H groups in total. The molecule has 1 aromatic rings. The Bertz CT molecular complexity index is 692. The van der Waals surface area contributed by atoms with Gasteiger partial charge in [-0.15, -0.1) is 11.3 Å². The number of carbonyl (C=O) groups excluding carboxylic acids is 2. The van der Waals surface area contributed by atoms with E-state index in [9.17, 15) is 22.8 Å². The van der Waals surface area contributed by atoms with E-state index >= 15 is 0 Å². The molecule has 0 aromatic carbocycles. The Kier molecular flexibility index (Phi) is 6.68. The third-order valence-corrected chi connectivity index (χ3v) is 6.76. The second-order valence-corrected chi connectivity index (χ2v) is 9.16. The van der Waals surface area contributed by atoms with Crippen LogP contribution in [0.3, 0.4) is 0 Å². The number of hydrogen-bond donors (Lipinski definition) is 1. The quantitative estimate of drug-likeness (QED) is 0.744. The van der Waals surface area contributed by atoms with Crippen LogP contribution in [-0.2, 0) is 9.59 Å². The first-order valence-electron chi connectivity index (χ1n) is 10.0. The van der Waals surface area contributed by atoms with Gasteiger partial charge in [0.25, 0.3) is 0 Å². The van der Waals surface area contributed by atoms with E-state index in [1.807, 2.05) is 6.92 Å². The molecule has 0 saturated heterocycles. The molecular formula is C20H27F3N2O2S. The molecule has 2 fully saturated rings. The van der Waals surface area contributed by atoms with Crippen LogP contribution in [0.2, 0.25) is 0 Å². The standard InChI is InChI=1S/C20H27F3N2O2S/c1-13-11-12-16(28-13)17(18(26)24-14-7-3-2-4-8-14)25(15-9-5-6-10-15)19(27)20(21,22)23/h11-12,14-15,17H,2-10H2,1H3,(H,24,26)/t17-/m0/s1. The fourth-order valence-corrected chi connectivity index (χ4v) is 5.32. The number of thiophene rings is 1. The molecular weight excluding hydrogens is 389 g/mol. The molecule has 0 unspecified atom stereocenters. The van der Waals surface area contributed by atoms with E-state index in [1.165, 1.54) is 11.3 Å². The van der Waals surface area contributed by atoms with Crippen molar-refractivity contribution < 1.29 is 22.8 Å². The SMILES string of the molecule is Cc1ccc([C@@H](C(=O)NC2CCCCC2)N(C(=O)C(F)(F)F)C2CCCC2)s1. The van der Waals surface area contributed by atoms with Crippen LogP contribution in [0.25, 0.3) is 0 Å². The number of alkyl halides is 3. The third-order valence-electron chi connectivity index (χ3n) is 5.70. The summed E-state index contributed by atoms with van der Waals surface area (Å²) >= 11 is 1.28. The molecule has 1 atom stereocenters. The lowest BCUT2D eigenvalue weighted by molar-refractivity contribution is -0.191. The second kappa shape index (κ2) is 8.84. The van der Waals surface area contributed by atoms with Gasteiger partial charge in [0.15, 0.2) is 0 Å². The van der Waals surface area contributed by atoms with Crippen molar-refractivity contribution >= 4 is 23.2 Å². The van der Waals surface area contributed by atoms with E-state index < -0.39 is 30.1 Å². The maximum atomic E-state index is 13.4. The zero-order valence-corrected chi connectivity index (χ0v) is 16.9. The Morgan fingerprint density at radius 1 is 1.07 bits per heavy atom. The normalized spacial score (nSPS) is 20.1. The van der Waals surface area contributed by atoms with Crippen molar-refractivity contribution in [2.45, 2.75) is 89.0 Å². The van der Waals surface area contributed by atoms with Crippen molar-refractivity contribution in [2.75, 3.05) is 0 Å². The van der Waals surface area contributed by atoms with Crippen LogP contribution in [0.5, 0.6) is 0 Å². The minimum Gasteiger partial charge on any atom is -0.351 e. The molecule has 8 heteroatoms. The van der Waals surface area contributed by atoms with E-state index in [0.717, 1.165) is 54.7 Å². The number of hydrogen-bond acceptors (Lipinski definition) is 3. The molecule has 1 heterocycles. The van der Waals surface area contributed by atoms with E-state index in [-0.39, 0.29) is 6.04 Å². The first-order valence-corrected chi connectivity index (χ1v) is 10.8. The lowest BCUT2D eigenvalue weighted by atomic mass is 9.95. The van der Waals surface area contributed by atoms with Gasteiger partial charge in [0.05, 0.1) is 0 Å². The molecule has 4 nitrogen and oxygen atoms in total. The van der Waals surface area contributed by atoms with Crippen molar-refractivity contribution in [3.8, 4) is 0 Å². The maximum absolute atomic E-state index is 13.4. The summed E-state index contributed by atoms with van der Waals surface area (Å²) in [6, 6.07) is 1.65. The van der Waals surface area contributed by atoms with Gasteiger partial charge in [-0.25, -0.2) is 0 Å². The Morgan fingerprint density at radius 3 is 2.21 bits per heavy atom. The van der Waals surface area contributed by atoms with Crippen LogP contribution in [0.1, 0.15) is 73.6 Å². The predicted octanol–water partition coefficient (Wildman–Crippen LogP) is 4.88. The zero-order valence-electron chi connectivity index (χ0n) is 16.1. The van der Waals surface area contributed by atoms with Crippen molar-refractivity contribution in [2.24, 2.45) is 0 Å². The molecule has 2 saturated carbocycles. The van der Waals surface area contributed by atoms with E-state index in [0.29, 0.717) is 17.7 Å². The predicted molar refractivity (Wildman–Crippen MR) is 102 cm³/mol. The summed E-state index contributed by atoms with van der Waals surface area (Å²) in [5, 5.41) is 2.94. The fraction of sp³-hybridized carbons (Fsp3) is 0.700. The smallest absolute Gasteiger partial charge is 0.351 e. The first kappa shape index (κ1) is 21.1. The summed E-state index contributed by atoms with van der Waals surface area (Å²) in [7, 11) is 0. The minimum atomic E-state index is -5.00. The summed E-state index contributed by atoms with van der Waals surface area (Å²) in [6.45, 7) is 1.84. The van der Waals surface area contributed by atoms with Gasteiger partial charge in [-0.3, -0.25) is 9.59 Å². The van der Waals surface area contributed by atoms with Crippen LogP contribution in [0.15, 0.2) is 12.1 Å². The summed E-state index contributed by atoms with van der Waals surface area (Å²) < 4.78 is 40.3. The van der Waals surface area contributed by atoms with Gasteiger partial charge in [0, 0.05) is 21.8 Å². The fourth-order valence-electron chi connectivity index (χ4n) is 4.34. The Balaban J connectivity index is 1.94. The molecule has 0 radical (unpaired) electrons. The maximum Gasteiger partial charge on any atom is 0.471 e. The Labute approximate surface area is 167 Å². The van der Waals surface area contributed by atoms with Gasteiger partial charge < -0.3 is 10.2 Å². The van der Waals surface area contributed by atoms with Crippen molar-refractivity contribution in [3.05, 3.63) is 21.9 Å². The van der Waals surface area contributed by atoms with Crippen molar-refractivity contribution in [3.63, 3.8) is 0 Å². The molecule has 2 amide bonds. The van der Waals surface area contributed by atoms with Crippen LogP contribution in [0, 0.1) is 6.92 Å². The number of aryl methyl sites for hydroxylation is 1. The van der Waals surface area contributed by atoms with E-state index in [1.54, 1.807) is 12.1 Å². The summed E-state index contributed by atoms with van der Waals surface area (Å²) in [4.78, 5) is 27.8. The summed E-state index contributed by atoms with van der Waals surface area (Å²) in [5.41, 5.74) is 0. The molecule has 156 valence electrons. The van der Waals surface area contributed by atoms with Crippen molar-refractivity contribution in [1.82, 2.24) is 10.2 Å². The molecule has 28 heavy (non-hydrogen) atoms. The van der Waals surface area contributed by atoms with Gasteiger partial charge in [0.1, 0.15) is 6.04 Å². The molecule has 1 aromatic heterocycles. The molecule has 0 bridgehead atoms. The van der Waals surface area contributed by atoms with E-state index in [4.69, 9.17) is 0 Å². The first-order chi connectivity index (χ1) is 13.3. The molecule has 0 aliphatic heterocycles. The molecule has 3 rings (SSSR count). The number of halogens is 3. The number of nitrogens with zero attached hydrogens (tertiary/aromatic N) is 1. The monoisotopic (exact) mass is 416 g/mol. The second-order valence-electron chi connectivity index (χ2n) is 7.84. The van der Waals surface area contributed by atoms with Crippen LogP contribution in [-0.4, -0.2) is 35.0 Å².